The van der Waals surface area contributed by atoms with Crippen molar-refractivity contribution in [2.45, 2.75) is 6.42 Å². The number of rotatable bonds is 2. The maximum absolute atomic E-state index is 8.79. The molecule has 1 heteroatoms. The van der Waals surface area contributed by atoms with Crippen molar-refractivity contribution in [2.24, 2.45) is 0 Å². The van der Waals surface area contributed by atoms with Gasteiger partial charge in [-0.05, 0) is 23.1 Å². The molecule has 0 aromatic rings. The second-order valence-electron chi connectivity index (χ2n) is 3.15. The standard InChI is InChI=1S/C12H12O/c13-9-8-10-4-6-11-2-1-3-12(11)7-5-10/h1-7,13H,8-9H2. The van der Waals surface area contributed by atoms with Crippen LogP contribution in [0.5, 0.6) is 0 Å². The first-order valence-corrected chi connectivity index (χ1v) is 4.49. The van der Waals surface area contributed by atoms with Gasteiger partial charge in [0.2, 0.25) is 0 Å². The van der Waals surface area contributed by atoms with Gasteiger partial charge in [-0.15, -0.1) is 0 Å². The van der Waals surface area contributed by atoms with E-state index in [-0.39, 0.29) is 6.61 Å². The Hall–Kier alpha value is -1.34. The van der Waals surface area contributed by atoms with Gasteiger partial charge < -0.3 is 5.11 Å². The highest BCUT2D eigenvalue weighted by Crippen LogP contribution is 2.21. The van der Waals surface area contributed by atoms with Crippen LogP contribution in [0.1, 0.15) is 5.56 Å². The molecule has 0 bridgehead atoms. The Labute approximate surface area is 78.0 Å². The molecule has 0 aromatic carbocycles. The fourth-order valence-corrected chi connectivity index (χ4v) is 1.50. The minimum absolute atomic E-state index is 0.217. The van der Waals surface area contributed by atoms with Crippen LogP contribution in [0.25, 0.3) is 11.1 Å². The molecular formula is C12H12O. The van der Waals surface area contributed by atoms with Crippen molar-refractivity contribution in [3.05, 3.63) is 48.0 Å². The van der Waals surface area contributed by atoms with E-state index in [0.29, 0.717) is 0 Å². The number of aliphatic hydroxyl groups is 1. The van der Waals surface area contributed by atoms with E-state index in [1.165, 1.54) is 16.7 Å². The fourth-order valence-electron chi connectivity index (χ4n) is 1.50. The molecule has 0 heterocycles. The average Bonchev–Trinajstić information content (AvgIpc) is 2.50. The van der Waals surface area contributed by atoms with E-state index < -0.39 is 0 Å². The van der Waals surface area contributed by atoms with Crippen LogP contribution < -0.4 is 0 Å². The lowest BCUT2D eigenvalue weighted by Gasteiger charge is -1.89. The summed E-state index contributed by atoms with van der Waals surface area (Å²) in [5.74, 6) is 0. The van der Waals surface area contributed by atoms with Crippen LogP contribution >= 0.6 is 0 Å². The molecule has 0 saturated carbocycles. The first kappa shape index (κ1) is 8.27. The second kappa shape index (κ2) is 3.58. The van der Waals surface area contributed by atoms with Crippen molar-refractivity contribution in [3.63, 3.8) is 0 Å². The highest BCUT2D eigenvalue weighted by Gasteiger charge is 1.98. The molecule has 0 spiro atoms. The summed E-state index contributed by atoms with van der Waals surface area (Å²) in [4.78, 5) is 0. The van der Waals surface area contributed by atoms with E-state index in [1.807, 2.05) is 0 Å². The van der Waals surface area contributed by atoms with Crippen molar-refractivity contribution in [1.82, 2.24) is 0 Å². The first-order valence-electron chi connectivity index (χ1n) is 4.49. The van der Waals surface area contributed by atoms with E-state index >= 15 is 0 Å². The minimum Gasteiger partial charge on any atom is -0.396 e. The molecule has 13 heavy (non-hydrogen) atoms. The zero-order chi connectivity index (χ0) is 9.10. The molecule has 0 amide bonds. The van der Waals surface area contributed by atoms with Gasteiger partial charge in [0.15, 0.2) is 0 Å². The van der Waals surface area contributed by atoms with Crippen LogP contribution in [0.3, 0.4) is 0 Å². The number of aliphatic hydroxyl groups excluding tert-OH is 1. The Morgan fingerprint density at radius 3 is 2.00 bits per heavy atom. The van der Waals surface area contributed by atoms with Gasteiger partial charge in [-0.25, -0.2) is 0 Å². The topological polar surface area (TPSA) is 20.2 Å². The predicted molar refractivity (Wildman–Crippen MR) is 53.9 cm³/mol. The molecule has 2 aliphatic carbocycles. The Balaban J connectivity index is 2.43. The molecule has 1 nitrogen and oxygen atoms in total. The van der Waals surface area contributed by atoms with Crippen molar-refractivity contribution >= 4 is 0 Å². The summed E-state index contributed by atoms with van der Waals surface area (Å²) in [6.07, 6.45) is 0.733. The van der Waals surface area contributed by atoms with Crippen LogP contribution in [-0.4, -0.2) is 11.7 Å². The molecule has 0 radical (unpaired) electrons. The van der Waals surface area contributed by atoms with Crippen LogP contribution in [0.2, 0.25) is 0 Å². The number of hydrogen-bond donors (Lipinski definition) is 1. The van der Waals surface area contributed by atoms with Crippen molar-refractivity contribution in [3.8, 4) is 11.1 Å². The van der Waals surface area contributed by atoms with Crippen molar-refractivity contribution in [1.29, 1.82) is 0 Å². The highest BCUT2D eigenvalue weighted by atomic mass is 16.2. The lowest BCUT2D eigenvalue weighted by Crippen LogP contribution is -1.86. The van der Waals surface area contributed by atoms with Gasteiger partial charge in [-0.3, -0.25) is 0 Å². The van der Waals surface area contributed by atoms with Crippen LogP contribution in [0, 0.1) is 0 Å². The first-order chi connectivity index (χ1) is 6.40. The summed E-state index contributed by atoms with van der Waals surface area (Å²) >= 11 is 0. The third-order valence-corrected chi connectivity index (χ3v) is 2.24. The smallest absolute Gasteiger partial charge is 0.0471 e. The third kappa shape index (κ3) is 1.70. The molecular weight excluding hydrogens is 160 g/mol. The zero-order valence-corrected chi connectivity index (χ0v) is 7.40. The highest BCUT2D eigenvalue weighted by molar-refractivity contribution is 5.65. The Morgan fingerprint density at radius 1 is 0.846 bits per heavy atom. The summed E-state index contributed by atoms with van der Waals surface area (Å²) in [6, 6.07) is 14.6. The normalized spacial score (nSPS) is 10.5. The Kier molecular flexibility index (Phi) is 2.28. The SMILES string of the molecule is OCCc1ccc2cccc-2cc1. The summed E-state index contributed by atoms with van der Waals surface area (Å²) < 4.78 is 0. The summed E-state index contributed by atoms with van der Waals surface area (Å²) in [7, 11) is 0. The van der Waals surface area contributed by atoms with E-state index in [9.17, 15) is 0 Å². The fraction of sp³-hybridized carbons (Fsp3) is 0.167. The molecule has 0 aromatic heterocycles. The molecule has 0 unspecified atom stereocenters. The molecule has 1 N–H and O–H groups in total. The van der Waals surface area contributed by atoms with E-state index in [1.54, 1.807) is 0 Å². The largest absolute Gasteiger partial charge is 0.396 e. The Morgan fingerprint density at radius 2 is 1.46 bits per heavy atom. The number of hydrogen-bond acceptors (Lipinski definition) is 1. The second-order valence-corrected chi connectivity index (χ2v) is 3.15. The van der Waals surface area contributed by atoms with Gasteiger partial charge in [0.25, 0.3) is 0 Å². The van der Waals surface area contributed by atoms with E-state index in [0.717, 1.165) is 6.42 Å². The van der Waals surface area contributed by atoms with Gasteiger partial charge in [-0.1, -0.05) is 42.5 Å². The molecule has 0 aliphatic heterocycles. The summed E-state index contributed by atoms with van der Waals surface area (Å²) in [6.45, 7) is 0.217. The monoisotopic (exact) mass is 172 g/mol. The maximum atomic E-state index is 8.79. The van der Waals surface area contributed by atoms with Crippen LogP contribution in [0.15, 0.2) is 42.5 Å². The molecule has 0 fully saturated rings. The Bertz CT molecular complexity index is 337. The molecule has 2 aliphatic rings. The van der Waals surface area contributed by atoms with Gasteiger partial charge in [0.05, 0.1) is 0 Å². The van der Waals surface area contributed by atoms with E-state index in [2.05, 4.69) is 42.5 Å². The lowest BCUT2D eigenvalue weighted by molar-refractivity contribution is 0.299. The molecule has 0 atom stereocenters. The zero-order valence-electron chi connectivity index (χ0n) is 7.40. The van der Waals surface area contributed by atoms with Crippen LogP contribution in [0.4, 0.5) is 0 Å². The lowest BCUT2D eigenvalue weighted by atomic mass is 10.2. The number of fused-ring (bicyclic) bond motifs is 1. The predicted octanol–water partition coefficient (Wildman–Crippen LogP) is 2.33. The van der Waals surface area contributed by atoms with Crippen LogP contribution in [-0.2, 0) is 6.42 Å². The van der Waals surface area contributed by atoms with Crippen molar-refractivity contribution in [2.75, 3.05) is 6.61 Å². The molecule has 0 saturated heterocycles. The van der Waals surface area contributed by atoms with Gasteiger partial charge in [-0.2, -0.15) is 0 Å². The summed E-state index contributed by atoms with van der Waals surface area (Å²) in [5, 5.41) is 8.79. The summed E-state index contributed by atoms with van der Waals surface area (Å²) in [5.41, 5.74) is 3.69. The van der Waals surface area contributed by atoms with Gasteiger partial charge in [0.1, 0.15) is 0 Å². The van der Waals surface area contributed by atoms with Crippen molar-refractivity contribution < 1.29 is 5.11 Å². The maximum Gasteiger partial charge on any atom is 0.0471 e. The van der Waals surface area contributed by atoms with E-state index in [4.69, 9.17) is 5.11 Å². The van der Waals surface area contributed by atoms with Gasteiger partial charge in [0, 0.05) is 6.61 Å². The quantitative estimate of drug-likeness (QED) is 0.737. The average molecular weight is 172 g/mol. The minimum atomic E-state index is 0.217. The molecule has 2 rings (SSSR count). The molecule has 66 valence electrons. The third-order valence-electron chi connectivity index (χ3n) is 2.24. The van der Waals surface area contributed by atoms with Gasteiger partial charge >= 0.3 is 0 Å².